The second-order valence-corrected chi connectivity index (χ2v) is 5.89. The highest BCUT2D eigenvalue weighted by Gasteiger charge is 2.32. The van der Waals surface area contributed by atoms with Gasteiger partial charge in [0.2, 0.25) is 5.91 Å². The molecule has 0 radical (unpaired) electrons. The van der Waals surface area contributed by atoms with Crippen LogP contribution in [0.1, 0.15) is 26.2 Å². The van der Waals surface area contributed by atoms with Crippen LogP contribution in [0, 0.1) is 0 Å². The van der Waals surface area contributed by atoms with E-state index in [2.05, 4.69) is 10.6 Å². The molecule has 0 aromatic rings. The molecule has 1 fully saturated rings. The maximum atomic E-state index is 11.9. The number of urea groups is 1. The number of carbonyl (C=O) groups is 2. The van der Waals surface area contributed by atoms with Crippen LogP contribution >= 0.6 is 0 Å². The van der Waals surface area contributed by atoms with Crippen molar-refractivity contribution in [3.63, 3.8) is 0 Å². The van der Waals surface area contributed by atoms with Gasteiger partial charge in [-0.25, -0.2) is 4.79 Å². The largest absolute Gasteiger partial charge is 0.392 e. The summed E-state index contributed by atoms with van der Waals surface area (Å²) < 4.78 is 0. The van der Waals surface area contributed by atoms with Crippen LogP contribution in [-0.2, 0) is 4.79 Å². The van der Waals surface area contributed by atoms with E-state index in [4.69, 9.17) is 0 Å². The van der Waals surface area contributed by atoms with Gasteiger partial charge in [0.05, 0.1) is 12.6 Å². The highest BCUT2D eigenvalue weighted by Crippen LogP contribution is 2.17. The van der Waals surface area contributed by atoms with Crippen LogP contribution in [0.5, 0.6) is 0 Å². The minimum absolute atomic E-state index is 0.136. The van der Waals surface area contributed by atoms with Crippen molar-refractivity contribution in [1.82, 2.24) is 20.4 Å². The number of carbonyl (C=O) groups excluding carboxylic acids is 2. The van der Waals surface area contributed by atoms with Gasteiger partial charge in [0.15, 0.2) is 0 Å². The number of hydrogen-bond donors (Lipinski definition) is 3. The minimum Gasteiger partial charge on any atom is -0.392 e. The molecule has 7 nitrogen and oxygen atoms in total. The molecule has 0 spiro atoms. The molecule has 0 aromatic carbocycles. The molecule has 3 amide bonds. The van der Waals surface area contributed by atoms with E-state index in [0.29, 0.717) is 19.5 Å². The van der Waals surface area contributed by atoms with Crippen molar-refractivity contribution >= 4 is 11.9 Å². The van der Waals surface area contributed by atoms with Crippen molar-refractivity contribution < 1.29 is 14.7 Å². The lowest BCUT2D eigenvalue weighted by Gasteiger charge is -2.25. The zero-order chi connectivity index (χ0) is 15.8. The molecule has 122 valence electrons. The average Bonchev–Trinajstić information content (AvgIpc) is 2.68. The Kier molecular flexibility index (Phi) is 7.63. The van der Waals surface area contributed by atoms with Gasteiger partial charge >= 0.3 is 6.03 Å². The van der Waals surface area contributed by atoms with Gasteiger partial charge in [-0.3, -0.25) is 15.0 Å². The molecule has 0 saturated carbocycles. The number of likely N-dealkylation sites (N-methyl/N-ethyl adjacent to an activating group) is 1. The molecular formula is C14H28N4O3. The normalized spacial score (nSPS) is 22.5. The number of aliphatic hydroxyl groups is 1. The maximum absolute atomic E-state index is 11.9. The first-order valence-electron chi connectivity index (χ1n) is 7.56. The third-order valence-corrected chi connectivity index (χ3v) is 3.50. The zero-order valence-electron chi connectivity index (χ0n) is 13.3. The number of nitrogens with one attached hydrogen (secondary N) is 2. The van der Waals surface area contributed by atoms with Crippen LogP contribution in [0.4, 0.5) is 4.79 Å². The van der Waals surface area contributed by atoms with Crippen LogP contribution in [0.2, 0.25) is 0 Å². The fourth-order valence-corrected chi connectivity index (χ4v) is 2.54. The fourth-order valence-electron chi connectivity index (χ4n) is 2.54. The summed E-state index contributed by atoms with van der Waals surface area (Å²) in [6, 6.07) is -0.304. The monoisotopic (exact) mass is 300 g/mol. The Morgan fingerprint density at radius 3 is 2.71 bits per heavy atom. The van der Waals surface area contributed by atoms with E-state index in [1.807, 2.05) is 30.8 Å². The van der Waals surface area contributed by atoms with Crippen LogP contribution in [0.15, 0.2) is 0 Å². The first-order chi connectivity index (χ1) is 9.92. The first-order valence-corrected chi connectivity index (χ1v) is 7.56. The predicted molar refractivity (Wildman–Crippen MR) is 81.0 cm³/mol. The molecule has 7 heteroatoms. The van der Waals surface area contributed by atoms with Crippen molar-refractivity contribution in [3.8, 4) is 0 Å². The van der Waals surface area contributed by atoms with Gasteiger partial charge in [-0.2, -0.15) is 0 Å². The predicted octanol–water partition coefficient (Wildman–Crippen LogP) is -0.391. The van der Waals surface area contributed by atoms with Crippen molar-refractivity contribution in [2.45, 2.75) is 38.3 Å². The fraction of sp³-hybridized carbons (Fsp3) is 0.857. The Balaban J connectivity index is 2.36. The number of β-amino-alcohol motifs (C(OH)–C–C–N with tert-alkyl or cyclic N) is 1. The van der Waals surface area contributed by atoms with Crippen molar-refractivity contribution in [3.05, 3.63) is 0 Å². The van der Waals surface area contributed by atoms with Gasteiger partial charge in [0.1, 0.15) is 0 Å². The second kappa shape index (κ2) is 8.96. The molecule has 2 unspecified atom stereocenters. The van der Waals surface area contributed by atoms with Crippen molar-refractivity contribution in [2.24, 2.45) is 0 Å². The van der Waals surface area contributed by atoms with Crippen LogP contribution in [0.25, 0.3) is 0 Å². The van der Waals surface area contributed by atoms with E-state index < -0.39 is 12.1 Å². The molecule has 1 saturated heterocycles. The topological polar surface area (TPSA) is 84.9 Å². The third kappa shape index (κ3) is 6.88. The summed E-state index contributed by atoms with van der Waals surface area (Å²) >= 11 is 0. The van der Waals surface area contributed by atoms with E-state index in [9.17, 15) is 14.7 Å². The Hall–Kier alpha value is -1.18. The quantitative estimate of drug-likeness (QED) is 0.558. The lowest BCUT2D eigenvalue weighted by Crippen LogP contribution is -2.47. The molecule has 0 aromatic heterocycles. The highest BCUT2D eigenvalue weighted by molar-refractivity contribution is 5.95. The highest BCUT2D eigenvalue weighted by atomic mass is 16.3. The average molecular weight is 300 g/mol. The Morgan fingerprint density at radius 2 is 2.10 bits per heavy atom. The Morgan fingerprint density at radius 1 is 1.38 bits per heavy atom. The molecular weight excluding hydrogens is 272 g/mol. The van der Waals surface area contributed by atoms with Gasteiger partial charge in [-0.1, -0.05) is 13.3 Å². The van der Waals surface area contributed by atoms with Crippen molar-refractivity contribution in [2.75, 3.05) is 40.3 Å². The van der Waals surface area contributed by atoms with E-state index in [1.54, 1.807) is 0 Å². The van der Waals surface area contributed by atoms with E-state index in [1.165, 1.54) is 0 Å². The maximum Gasteiger partial charge on any atom is 0.321 e. The molecule has 0 aliphatic carbocycles. The smallest absolute Gasteiger partial charge is 0.321 e. The number of rotatable bonds is 7. The summed E-state index contributed by atoms with van der Waals surface area (Å²) in [6.45, 7) is 4.00. The Bertz CT molecular complexity index is 349. The van der Waals surface area contributed by atoms with E-state index in [-0.39, 0.29) is 18.5 Å². The molecule has 3 N–H and O–H groups in total. The molecule has 1 heterocycles. The summed E-state index contributed by atoms with van der Waals surface area (Å²) in [5, 5.41) is 14.7. The van der Waals surface area contributed by atoms with E-state index >= 15 is 0 Å². The standard InChI is InChI=1S/C14H28N4O3/c1-4-5-6-15-14(21)16-13(20)10-18-9-12(19)7-11(18)8-17(2)3/h11-12,19H,4-10H2,1-3H3,(H2,15,16,20,21). The molecule has 0 bridgehead atoms. The summed E-state index contributed by atoms with van der Waals surface area (Å²) in [5.41, 5.74) is 0. The second-order valence-electron chi connectivity index (χ2n) is 5.89. The lowest BCUT2D eigenvalue weighted by molar-refractivity contribution is -0.121. The Labute approximate surface area is 126 Å². The van der Waals surface area contributed by atoms with Gasteiger partial charge in [0.25, 0.3) is 0 Å². The summed E-state index contributed by atoms with van der Waals surface area (Å²) in [6.07, 6.45) is 2.14. The summed E-state index contributed by atoms with van der Waals surface area (Å²) in [7, 11) is 3.92. The van der Waals surface area contributed by atoms with Crippen molar-refractivity contribution in [1.29, 1.82) is 0 Å². The summed E-state index contributed by atoms with van der Waals surface area (Å²) in [5.74, 6) is -0.332. The molecule has 1 rings (SSSR count). The molecule has 2 atom stereocenters. The lowest BCUT2D eigenvalue weighted by atomic mass is 10.2. The number of hydrogen-bond acceptors (Lipinski definition) is 5. The van der Waals surface area contributed by atoms with E-state index in [0.717, 1.165) is 19.4 Å². The van der Waals surface area contributed by atoms with Gasteiger partial charge in [-0.05, 0) is 26.9 Å². The number of nitrogens with zero attached hydrogens (tertiary/aromatic N) is 2. The molecule has 21 heavy (non-hydrogen) atoms. The minimum atomic E-state index is -0.447. The zero-order valence-corrected chi connectivity index (χ0v) is 13.3. The third-order valence-electron chi connectivity index (χ3n) is 3.50. The van der Waals surface area contributed by atoms with Crippen LogP contribution in [-0.4, -0.2) is 79.3 Å². The van der Waals surface area contributed by atoms with Gasteiger partial charge in [0, 0.05) is 25.7 Å². The molecule has 1 aliphatic heterocycles. The van der Waals surface area contributed by atoms with Crippen LogP contribution < -0.4 is 10.6 Å². The number of amides is 3. The number of aliphatic hydroxyl groups excluding tert-OH is 1. The first kappa shape index (κ1) is 17.9. The summed E-state index contributed by atoms with van der Waals surface area (Å²) in [4.78, 5) is 27.3. The van der Waals surface area contributed by atoms with Gasteiger partial charge < -0.3 is 15.3 Å². The number of unbranched alkanes of at least 4 members (excludes halogenated alkanes) is 1. The SMILES string of the molecule is CCCCNC(=O)NC(=O)CN1CC(O)CC1CN(C)C. The number of imide groups is 1. The number of likely N-dealkylation sites (tertiary alicyclic amines) is 1. The van der Waals surface area contributed by atoms with Crippen LogP contribution in [0.3, 0.4) is 0 Å². The van der Waals surface area contributed by atoms with Gasteiger partial charge in [-0.15, -0.1) is 0 Å². The molecule has 1 aliphatic rings.